The van der Waals surface area contributed by atoms with Crippen molar-refractivity contribution in [2.24, 2.45) is 0 Å². The molecule has 0 unspecified atom stereocenters. The summed E-state index contributed by atoms with van der Waals surface area (Å²) in [6.07, 6.45) is 0.532. The highest BCUT2D eigenvalue weighted by atomic mass is 79.9. The van der Waals surface area contributed by atoms with Gasteiger partial charge >= 0.3 is 0 Å². The van der Waals surface area contributed by atoms with Gasteiger partial charge in [0.25, 0.3) is 0 Å². The first-order chi connectivity index (χ1) is 9.38. The zero-order valence-electron chi connectivity index (χ0n) is 11.2. The lowest BCUT2D eigenvalue weighted by atomic mass is 10.2. The van der Waals surface area contributed by atoms with Gasteiger partial charge in [-0.25, -0.2) is 13.1 Å². The van der Waals surface area contributed by atoms with E-state index in [9.17, 15) is 8.42 Å². The Hall–Kier alpha value is -0.670. The molecule has 0 radical (unpaired) electrons. The summed E-state index contributed by atoms with van der Waals surface area (Å²) in [6, 6.07) is 3.11. The highest BCUT2D eigenvalue weighted by Crippen LogP contribution is 2.26. The fourth-order valence-corrected chi connectivity index (χ4v) is 3.37. The molecule has 0 aliphatic heterocycles. The van der Waals surface area contributed by atoms with Crippen LogP contribution in [0.3, 0.4) is 0 Å². The highest BCUT2D eigenvalue weighted by Gasteiger charge is 2.17. The molecule has 6 nitrogen and oxygen atoms in total. The number of ether oxygens (including phenoxy) is 1. The van der Waals surface area contributed by atoms with E-state index >= 15 is 0 Å². The van der Waals surface area contributed by atoms with Crippen molar-refractivity contribution in [3.63, 3.8) is 0 Å². The molecule has 0 heterocycles. The molecule has 0 aliphatic rings. The van der Waals surface area contributed by atoms with Crippen LogP contribution in [0.25, 0.3) is 0 Å². The molecule has 0 saturated carbocycles. The first kappa shape index (κ1) is 17.4. The van der Waals surface area contributed by atoms with Crippen LogP contribution in [0, 0.1) is 6.92 Å². The van der Waals surface area contributed by atoms with Crippen LogP contribution in [0.1, 0.15) is 12.0 Å². The monoisotopic (exact) mass is 366 g/mol. The Morgan fingerprint density at radius 2 is 2.10 bits per heavy atom. The molecule has 0 saturated heterocycles. The van der Waals surface area contributed by atoms with E-state index in [4.69, 9.17) is 15.6 Å². The Morgan fingerprint density at radius 1 is 1.40 bits per heavy atom. The number of hydrogen-bond donors (Lipinski definition) is 3. The molecule has 4 N–H and O–H groups in total. The van der Waals surface area contributed by atoms with Crippen LogP contribution in [0.2, 0.25) is 0 Å². The number of nitrogens with two attached hydrogens (primary N) is 1. The molecule has 0 atom stereocenters. The molecule has 0 fully saturated rings. The summed E-state index contributed by atoms with van der Waals surface area (Å²) in [6.45, 7) is 2.59. The molecular weight excluding hydrogens is 348 g/mol. The van der Waals surface area contributed by atoms with Crippen molar-refractivity contribution < 1.29 is 18.3 Å². The number of nitrogen functional groups attached to an aromatic ring is 1. The second-order valence-corrected chi connectivity index (χ2v) is 6.82. The molecule has 0 bridgehead atoms. The van der Waals surface area contributed by atoms with Crippen molar-refractivity contribution in [2.45, 2.75) is 18.2 Å². The summed E-state index contributed by atoms with van der Waals surface area (Å²) in [4.78, 5) is 0.175. The van der Waals surface area contributed by atoms with E-state index in [1.54, 1.807) is 13.0 Å². The summed E-state index contributed by atoms with van der Waals surface area (Å²) in [5.41, 5.74) is 6.71. The van der Waals surface area contributed by atoms with Gasteiger partial charge in [0.05, 0.1) is 18.1 Å². The van der Waals surface area contributed by atoms with Gasteiger partial charge in [-0.2, -0.15) is 0 Å². The second-order valence-electron chi connectivity index (χ2n) is 4.23. The van der Waals surface area contributed by atoms with Crippen LogP contribution in [0.15, 0.2) is 21.5 Å². The number of aliphatic hydroxyl groups is 1. The summed E-state index contributed by atoms with van der Waals surface area (Å²) < 4.78 is 32.5. The Kier molecular flexibility index (Phi) is 6.90. The highest BCUT2D eigenvalue weighted by molar-refractivity contribution is 9.10. The molecule has 1 rings (SSSR count). The van der Waals surface area contributed by atoms with Gasteiger partial charge in [-0.15, -0.1) is 0 Å². The van der Waals surface area contributed by atoms with Crippen LogP contribution in [-0.4, -0.2) is 39.9 Å². The number of nitrogens with one attached hydrogen (secondary N) is 1. The third-order valence-corrected chi connectivity index (χ3v) is 4.87. The summed E-state index contributed by atoms with van der Waals surface area (Å²) in [5.74, 6) is 0. The predicted molar refractivity (Wildman–Crippen MR) is 81.0 cm³/mol. The van der Waals surface area contributed by atoms with E-state index in [0.29, 0.717) is 28.8 Å². The minimum absolute atomic E-state index is 0.0386. The van der Waals surface area contributed by atoms with Gasteiger partial charge in [-0.05, 0) is 47.0 Å². The number of hydrogen-bond acceptors (Lipinski definition) is 5. The Labute approximate surface area is 127 Å². The maximum absolute atomic E-state index is 12.1. The van der Waals surface area contributed by atoms with E-state index in [1.807, 2.05) is 0 Å². The minimum atomic E-state index is -3.58. The third kappa shape index (κ3) is 5.02. The molecule has 20 heavy (non-hydrogen) atoms. The van der Waals surface area contributed by atoms with E-state index in [1.165, 1.54) is 6.07 Å². The fraction of sp³-hybridized carbons (Fsp3) is 0.500. The average molecular weight is 367 g/mol. The lowest BCUT2D eigenvalue weighted by Crippen LogP contribution is -2.26. The number of halogens is 1. The SMILES string of the molecule is Cc1cc(Br)c(N)cc1S(=O)(=O)NCCCOCCO. The van der Waals surface area contributed by atoms with E-state index in [-0.39, 0.29) is 24.7 Å². The topological polar surface area (TPSA) is 102 Å². The van der Waals surface area contributed by atoms with Gasteiger partial charge in [0.1, 0.15) is 0 Å². The molecular formula is C12H19BrN2O4S. The zero-order chi connectivity index (χ0) is 15.2. The van der Waals surface area contributed by atoms with E-state index in [2.05, 4.69) is 20.7 Å². The van der Waals surface area contributed by atoms with Gasteiger partial charge in [-0.3, -0.25) is 0 Å². The lowest BCUT2D eigenvalue weighted by molar-refractivity contribution is 0.0913. The maximum atomic E-state index is 12.1. The first-order valence-electron chi connectivity index (χ1n) is 6.12. The van der Waals surface area contributed by atoms with Crippen molar-refractivity contribution in [2.75, 3.05) is 32.1 Å². The van der Waals surface area contributed by atoms with Crippen LogP contribution >= 0.6 is 15.9 Å². The smallest absolute Gasteiger partial charge is 0.240 e. The van der Waals surface area contributed by atoms with Gasteiger partial charge in [-0.1, -0.05) is 0 Å². The molecule has 0 aromatic heterocycles. The standard InChI is InChI=1S/C12H19BrN2O4S/c1-9-7-10(13)11(14)8-12(9)20(17,18)15-3-2-5-19-6-4-16/h7-8,15-16H,2-6,14H2,1H3. The number of aryl methyl sites for hydroxylation is 1. The molecule has 0 spiro atoms. The molecule has 1 aromatic rings. The van der Waals surface area contributed by atoms with Crippen molar-refractivity contribution in [3.8, 4) is 0 Å². The number of benzene rings is 1. The predicted octanol–water partition coefficient (Wildman–Crippen LogP) is 1.02. The van der Waals surface area contributed by atoms with Crippen LogP contribution < -0.4 is 10.5 Å². The van der Waals surface area contributed by atoms with Gasteiger partial charge in [0.15, 0.2) is 0 Å². The van der Waals surface area contributed by atoms with Crippen LogP contribution in [-0.2, 0) is 14.8 Å². The van der Waals surface area contributed by atoms with E-state index < -0.39 is 10.0 Å². The Bertz CT molecular complexity index is 549. The quantitative estimate of drug-likeness (QED) is 0.470. The molecule has 1 aromatic carbocycles. The van der Waals surface area contributed by atoms with Crippen molar-refractivity contribution in [1.29, 1.82) is 0 Å². The van der Waals surface area contributed by atoms with E-state index in [0.717, 1.165) is 0 Å². The largest absolute Gasteiger partial charge is 0.398 e. The second kappa shape index (κ2) is 7.94. The number of sulfonamides is 1. The molecule has 8 heteroatoms. The normalized spacial score (nSPS) is 11.8. The van der Waals surface area contributed by atoms with Crippen LogP contribution in [0.4, 0.5) is 5.69 Å². The van der Waals surface area contributed by atoms with Gasteiger partial charge in [0, 0.05) is 23.3 Å². The number of aliphatic hydroxyl groups excluding tert-OH is 1. The Morgan fingerprint density at radius 3 is 2.75 bits per heavy atom. The summed E-state index contributed by atoms with van der Waals surface area (Å²) in [5, 5.41) is 8.53. The summed E-state index contributed by atoms with van der Waals surface area (Å²) >= 11 is 3.26. The molecule has 0 aliphatic carbocycles. The fourth-order valence-electron chi connectivity index (χ4n) is 1.58. The van der Waals surface area contributed by atoms with Crippen molar-refractivity contribution in [3.05, 3.63) is 22.2 Å². The number of rotatable bonds is 8. The van der Waals surface area contributed by atoms with Gasteiger partial charge < -0.3 is 15.6 Å². The average Bonchev–Trinajstić information content (AvgIpc) is 2.37. The maximum Gasteiger partial charge on any atom is 0.240 e. The molecule has 0 amide bonds. The zero-order valence-corrected chi connectivity index (χ0v) is 13.6. The number of anilines is 1. The van der Waals surface area contributed by atoms with Gasteiger partial charge in [0.2, 0.25) is 10.0 Å². The molecule has 114 valence electrons. The lowest BCUT2D eigenvalue weighted by Gasteiger charge is -2.11. The minimum Gasteiger partial charge on any atom is -0.398 e. The summed E-state index contributed by atoms with van der Waals surface area (Å²) in [7, 11) is -3.58. The van der Waals surface area contributed by atoms with Crippen LogP contribution in [0.5, 0.6) is 0 Å². The third-order valence-electron chi connectivity index (χ3n) is 2.58. The first-order valence-corrected chi connectivity index (χ1v) is 8.40. The van der Waals surface area contributed by atoms with Crippen molar-refractivity contribution in [1.82, 2.24) is 4.72 Å². The van der Waals surface area contributed by atoms with Crippen molar-refractivity contribution >= 4 is 31.6 Å². The Balaban J connectivity index is 2.63.